The number of amides is 1. The lowest BCUT2D eigenvalue weighted by molar-refractivity contribution is -0.142. The van der Waals surface area contributed by atoms with E-state index in [2.05, 4.69) is 15.3 Å². The van der Waals surface area contributed by atoms with E-state index < -0.39 is 33.2 Å². The summed E-state index contributed by atoms with van der Waals surface area (Å²) in [6, 6.07) is -0.310. The molecule has 12 heteroatoms. The van der Waals surface area contributed by atoms with Crippen molar-refractivity contribution < 1.29 is 22.7 Å². The number of rotatable bonds is 8. The summed E-state index contributed by atoms with van der Waals surface area (Å²) in [5.74, 6) is -1.80. The Morgan fingerprint density at radius 2 is 2.00 bits per heavy atom. The van der Waals surface area contributed by atoms with Crippen LogP contribution in [-0.4, -0.2) is 58.4 Å². The molecule has 1 aliphatic heterocycles. The van der Waals surface area contributed by atoms with Gasteiger partial charge in [-0.3, -0.25) is 24.2 Å². The van der Waals surface area contributed by atoms with E-state index in [-0.39, 0.29) is 42.6 Å². The van der Waals surface area contributed by atoms with Crippen LogP contribution in [0.2, 0.25) is 0 Å². The summed E-state index contributed by atoms with van der Waals surface area (Å²) in [6.45, 7) is 5.39. The summed E-state index contributed by atoms with van der Waals surface area (Å²) in [6.07, 6.45) is 0.0977. The zero-order chi connectivity index (χ0) is 22.9. The fraction of sp³-hybridized carbons (Fsp3) is 0.579. The molecule has 0 radical (unpaired) electrons. The van der Waals surface area contributed by atoms with Crippen LogP contribution < -0.4 is 11.3 Å². The molecule has 2 unspecified atom stereocenters. The molecule has 3 rings (SSSR count). The predicted molar refractivity (Wildman–Crippen MR) is 111 cm³/mol. The lowest BCUT2D eigenvalue weighted by Gasteiger charge is -2.17. The van der Waals surface area contributed by atoms with E-state index in [1.165, 1.54) is 0 Å². The van der Waals surface area contributed by atoms with Crippen LogP contribution in [0, 0.1) is 13.8 Å². The maximum atomic E-state index is 12.6. The fourth-order valence-electron chi connectivity index (χ4n) is 4.32. The minimum atomic E-state index is -3.13. The van der Waals surface area contributed by atoms with Gasteiger partial charge in [0.15, 0.2) is 9.84 Å². The number of carbonyl (C=O) groups is 2. The van der Waals surface area contributed by atoms with Crippen LogP contribution >= 0.6 is 0 Å². The van der Waals surface area contributed by atoms with E-state index in [1.54, 1.807) is 25.5 Å². The number of sulfone groups is 1. The van der Waals surface area contributed by atoms with Crippen molar-refractivity contribution in [2.24, 2.45) is 5.73 Å². The summed E-state index contributed by atoms with van der Waals surface area (Å²) in [5.41, 5.74) is 7.40. The van der Waals surface area contributed by atoms with Crippen molar-refractivity contribution in [1.82, 2.24) is 20.0 Å². The van der Waals surface area contributed by atoms with Gasteiger partial charge in [-0.25, -0.2) is 8.42 Å². The second-order valence-electron chi connectivity index (χ2n) is 7.76. The number of carbonyl (C=O) groups excluding carboxylic acids is 2. The lowest BCUT2D eigenvalue weighted by Crippen LogP contribution is -2.23. The van der Waals surface area contributed by atoms with E-state index in [1.807, 2.05) is 0 Å². The summed E-state index contributed by atoms with van der Waals surface area (Å²) >= 11 is 0. The SMILES string of the molecule is CCOC(=O)Cc1[nH][nH]c(=O)c1C(CC(N)=O)c1c(C)nn(C2CCS(=O)(=O)C2)c1C. The maximum Gasteiger partial charge on any atom is 0.311 e. The number of esters is 1. The number of aromatic nitrogens is 4. The molecule has 1 aliphatic rings. The molecule has 0 spiro atoms. The molecule has 1 fully saturated rings. The van der Waals surface area contributed by atoms with Gasteiger partial charge in [-0.2, -0.15) is 5.10 Å². The monoisotopic (exact) mass is 453 g/mol. The predicted octanol–water partition coefficient (Wildman–Crippen LogP) is -0.0112. The van der Waals surface area contributed by atoms with Crippen LogP contribution in [0.25, 0.3) is 0 Å². The Morgan fingerprint density at radius 3 is 2.58 bits per heavy atom. The number of ether oxygens (including phenoxy) is 1. The third kappa shape index (κ3) is 4.73. The Labute approximate surface area is 179 Å². The van der Waals surface area contributed by atoms with Gasteiger partial charge in [0.2, 0.25) is 5.91 Å². The van der Waals surface area contributed by atoms with Gasteiger partial charge in [0, 0.05) is 29.2 Å². The van der Waals surface area contributed by atoms with Gasteiger partial charge >= 0.3 is 5.97 Å². The van der Waals surface area contributed by atoms with Crippen molar-refractivity contribution in [3.8, 4) is 0 Å². The van der Waals surface area contributed by atoms with Crippen LogP contribution in [-0.2, 0) is 30.6 Å². The van der Waals surface area contributed by atoms with Gasteiger partial charge in [0.1, 0.15) is 0 Å². The zero-order valence-corrected chi connectivity index (χ0v) is 18.5. The molecule has 1 saturated heterocycles. The first-order valence-corrected chi connectivity index (χ1v) is 11.9. The molecule has 0 aliphatic carbocycles. The fourth-order valence-corrected chi connectivity index (χ4v) is 6.01. The topological polar surface area (TPSA) is 170 Å². The van der Waals surface area contributed by atoms with Crippen molar-refractivity contribution in [2.75, 3.05) is 18.1 Å². The number of hydrogen-bond acceptors (Lipinski definition) is 7. The summed E-state index contributed by atoms with van der Waals surface area (Å²) in [7, 11) is -3.13. The quantitative estimate of drug-likeness (QED) is 0.472. The number of nitrogens with zero attached hydrogens (tertiary/aromatic N) is 2. The van der Waals surface area contributed by atoms with Crippen molar-refractivity contribution in [3.05, 3.63) is 38.6 Å². The Kier molecular flexibility index (Phi) is 6.39. The highest BCUT2D eigenvalue weighted by molar-refractivity contribution is 7.91. The highest BCUT2D eigenvalue weighted by Crippen LogP contribution is 2.35. The highest BCUT2D eigenvalue weighted by Gasteiger charge is 2.35. The molecule has 3 heterocycles. The Morgan fingerprint density at radius 1 is 1.29 bits per heavy atom. The number of aryl methyl sites for hydroxylation is 1. The third-order valence-corrected chi connectivity index (χ3v) is 7.31. The van der Waals surface area contributed by atoms with Crippen LogP contribution in [0.4, 0.5) is 0 Å². The molecule has 0 saturated carbocycles. The van der Waals surface area contributed by atoms with Gasteiger partial charge in [-0.05, 0) is 27.2 Å². The van der Waals surface area contributed by atoms with Crippen molar-refractivity contribution in [3.63, 3.8) is 0 Å². The standard InChI is InChI=1S/C19H27N5O6S/c1-4-30-16(26)8-14-18(19(27)22-21-14)13(7-15(20)25)17-10(2)23-24(11(17)3)12-5-6-31(28,29)9-12/h12-13H,4-9H2,1-3H3,(H2,20,25)(H2,21,22,27). The van der Waals surface area contributed by atoms with Crippen molar-refractivity contribution >= 4 is 21.7 Å². The van der Waals surface area contributed by atoms with Gasteiger partial charge in [-0.1, -0.05) is 0 Å². The molecular formula is C19H27N5O6S. The highest BCUT2D eigenvalue weighted by atomic mass is 32.2. The molecule has 0 bridgehead atoms. The average Bonchev–Trinajstić information content (AvgIpc) is 3.29. The number of primary amides is 1. The lowest BCUT2D eigenvalue weighted by atomic mass is 9.86. The normalized spacial score (nSPS) is 18.7. The molecule has 2 aromatic rings. The smallest absolute Gasteiger partial charge is 0.311 e. The molecular weight excluding hydrogens is 426 g/mol. The Balaban J connectivity index is 2.08. The summed E-state index contributed by atoms with van der Waals surface area (Å²) < 4.78 is 30.5. The minimum absolute atomic E-state index is 0.00622. The van der Waals surface area contributed by atoms with Gasteiger partial charge in [0.05, 0.1) is 42.0 Å². The first kappa shape index (κ1) is 22.8. The average molecular weight is 454 g/mol. The molecule has 31 heavy (non-hydrogen) atoms. The Hall–Kier alpha value is -2.89. The minimum Gasteiger partial charge on any atom is -0.466 e. The van der Waals surface area contributed by atoms with Gasteiger partial charge in [-0.15, -0.1) is 0 Å². The summed E-state index contributed by atoms with van der Waals surface area (Å²) in [4.78, 5) is 36.6. The molecule has 1 amide bonds. The molecule has 4 N–H and O–H groups in total. The second kappa shape index (κ2) is 8.69. The molecule has 0 aromatic carbocycles. The van der Waals surface area contributed by atoms with Crippen molar-refractivity contribution in [1.29, 1.82) is 0 Å². The number of nitrogens with one attached hydrogen (secondary N) is 2. The van der Waals surface area contributed by atoms with E-state index in [9.17, 15) is 22.8 Å². The van der Waals surface area contributed by atoms with Crippen LogP contribution in [0.15, 0.2) is 4.79 Å². The third-order valence-electron chi connectivity index (χ3n) is 5.56. The number of nitrogens with two attached hydrogens (primary N) is 1. The molecule has 170 valence electrons. The van der Waals surface area contributed by atoms with E-state index in [4.69, 9.17) is 10.5 Å². The van der Waals surface area contributed by atoms with Crippen molar-refractivity contribution in [2.45, 2.75) is 52.0 Å². The first-order chi connectivity index (χ1) is 14.5. The number of H-pyrrole nitrogens is 2. The van der Waals surface area contributed by atoms with E-state index >= 15 is 0 Å². The van der Waals surface area contributed by atoms with Crippen LogP contribution in [0.5, 0.6) is 0 Å². The van der Waals surface area contributed by atoms with Gasteiger partial charge < -0.3 is 15.6 Å². The molecule has 2 atom stereocenters. The zero-order valence-electron chi connectivity index (χ0n) is 17.7. The van der Waals surface area contributed by atoms with E-state index in [0.29, 0.717) is 29.1 Å². The Bertz CT molecular complexity index is 1160. The number of aromatic amines is 2. The molecule has 2 aromatic heterocycles. The van der Waals surface area contributed by atoms with Crippen LogP contribution in [0.1, 0.15) is 59.9 Å². The molecule has 11 nitrogen and oxygen atoms in total. The summed E-state index contributed by atoms with van der Waals surface area (Å²) in [5, 5.41) is 9.71. The van der Waals surface area contributed by atoms with Gasteiger partial charge in [0.25, 0.3) is 5.56 Å². The van der Waals surface area contributed by atoms with Crippen LogP contribution in [0.3, 0.4) is 0 Å². The second-order valence-corrected chi connectivity index (χ2v) is 9.99. The largest absolute Gasteiger partial charge is 0.466 e. The maximum absolute atomic E-state index is 12.6. The first-order valence-electron chi connectivity index (χ1n) is 10.0. The number of hydrogen-bond donors (Lipinski definition) is 3. The van der Waals surface area contributed by atoms with E-state index in [0.717, 1.165) is 0 Å².